The van der Waals surface area contributed by atoms with E-state index >= 15 is 8.78 Å². The van der Waals surface area contributed by atoms with Gasteiger partial charge in [0.25, 0.3) is 0 Å². The van der Waals surface area contributed by atoms with Crippen LogP contribution < -0.4 is 16.4 Å². The van der Waals surface area contributed by atoms with Crippen LogP contribution in [0.4, 0.5) is 57.1 Å². The minimum Gasteiger partial charge on any atom is -0.577 e. The van der Waals surface area contributed by atoms with Gasteiger partial charge in [-0.15, -0.1) is 0 Å². The molecule has 3 aromatic carbocycles. The summed E-state index contributed by atoms with van der Waals surface area (Å²) in [6.45, 7) is 3.85. The average Bonchev–Trinajstić information content (AvgIpc) is 2.83. The highest BCUT2D eigenvalue weighted by Crippen LogP contribution is 2.36. The summed E-state index contributed by atoms with van der Waals surface area (Å²) >= 11 is 0. The molecule has 1 atom stereocenters. The molecule has 0 amide bonds. The van der Waals surface area contributed by atoms with Gasteiger partial charge in [-0.1, -0.05) is 35.3 Å². The molecule has 0 N–H and O–H groups in total. The first-order chi connectivity index (χ1) is 18.5. The minimum absolute atomic E-state index is 0.0121. The highest BCUT2D eigenvalue weighted by molar-refractivity contribution is 7.07. The first-order valence-corrected chi connectivity index (χ1v) is 11.7. The van der Waals surface area contributed by atoms with E-state index in [1.54, 1.807) is 0 Å². The molecule has 0 saturated carbocycles. The van der Waals surface area contributed by atoms with Crippen molar-refractivity contribution in [3.63, 3.8) is 0 Å². The Labute approximate surface area is 224 Å². The van der Waals surface area contributed by atoms with Crippen LogP contribution >= 0.6 is 0 Å². The zero-order valence-corrected chi connectivity index (χ0v) is 21.4. The van der Waals surface area contributed by atoms with Crippen LogP contribution in [-0.2, 0) is 23.2 Å². The van der Waals surface area contributed by atoms with E-state index in [0.717, 1.165) is 26.8 Å². The Balaban J connectivity index is 2.75. The second-order valence-electron chi connectivity index (χ2n) is 9.74. The third-order valence-corrected chi connectivity index (χ3v) is 6.38. The fourth-order valence-electron chi connectivity index (χ4n) is 4.70. The molecule has 1 unspecified atom stereocenters. The summed E-state index contributed by atoms with van der Waals surface area (Å²) in [5, 5.41) is 0. The highest BCUT2D eigenvalue weighted by Gasteiger charge is 2.44. The third kappa shape index (κ3) is 6.04. The largest absolute Gasteiger partial charge is 0.577 e. The van der Waals surface area contributed by atoms with Crippen molar-refractivity contribution in [3.05, 3.63) is 87.5 Å². The Kier molecular flexibility index (Phi) is 8.31. The van der Waals surface area contributed by atoms with Gasteiger partial charge < -0.3 is 4.65 Å². The Morgan fingerprint density at radius 1 is 0.561 bits per heavy atom. The molecule has 0 spiro atoms. The van der Waals surface area contributed by atoms with E-state index in [9.17, 15) is 48.3 Å². The number of hydrogen-bond donors (Lipinski definition) is 0. The van der Waals surface area contributed by atoms with Gasteiger partial charge in [-0.3, -0.25) is 0 Å². The van der Waals surface area contributed by atoms with Crippen LogP contribution in [0.1, 0.15) is 41.7 Å². The van der Waals surface area contributed by atoms with Crippen molar-refractivity contribution in [3.8, 4) is 0 Å². The number of benzene rings is 3. The molecule has 15 heteroatoms. The monoisotopic (exact) mass is 605 g/mol. The van der Waals surface area contributed by atoms with Crippen molar-refractivity contribution in [1.82, 2.24) is 0 Å². The predicted molar refractivity (Wildman–Crippen MR) is 125 cm³/mol. The quantitative estimate of drug-likeness (QED) is 0.169. The van der Waals surface area contributed by atoms with Gasteiger partial charge in [0.1, 0.15) is 11.6 Å². The minimum atomic E-state index is -5.51. The molecule has 0 radical (unpaired) electrons. The maximum Gasteiger partial charge on any atom is 0.416 e. The van der Waals surface area contributed by atoms with Crippen LogP contribution in [0.5, 0.6) is 0 Å². The maximum atomic E-state index is 15.6. The van der Waals surface area contributed by atoms with Crippen molar-refractivity contribution < 1.29 is 61.7 Å². The number of hydrogen-bond acceptors (Lipinski definition) is 1. The van der Waals surface area contributed by atoms with E-state index in [1.165, 1.54) is 0 Å². The van der Waals surface area contributed by atoms with Crippen LogP contribution in [0.2, 0.25) is 0 Å². The molecular formula is C26H19BF13O-. The lowest BCUT2D eigenvalue weighted by Crippen LogP contribution is -2.72. The van der Waals surface area contributed by atoms with Crippen LogP contribution in [0, 0.1) is 37.1 Å². The smallest absolute Gasteiger partial charge is 0.416 e. The second kappa shape index (κ2) is 10.6. The van der Waals surface area contributed by atoms with Crippen LogP contribution in [0.15, 0.2) is 36.4 Å². The van der Waals surface area contributed by atoms with Gasteiger partial charge in [-0.2, -0.15) is 50.4 Å². The molecule has 3 rings (SSSR count). The lowest BCUT2D eigenvalue weighted by Gasteiger charge is -2.46. The number of aryl methyl sites for hydroxylation is 1. The molecule has 0 fully saturated rings. The van der Waals surface area contributed by atoms with Crippen molar-refractivity contribution in [2.24, 2.45) is 0 Å². The summed E-state index contributed by atoms with van der Waals surface area (Å²) in [6, 6.07) is 1.14. The summed E-state index contributed by atoms with van der Waals surface area (Å²) in [7, 11) is 0. The molecule has 1 nitrogen and oxygen atoms in total. The lowest BCUT2D eigenvalue weighted by molar-refractivity contribution is -0.143. The zero-order valence-electron chi connectivity index (χ0n) is 21.4. The highest BCUT2D eigenvalue weighted by atomic mass is 19.4. The molecule has 0 saturated heterocycles. The Morgan fingerprint density at radius 3 is 1.29 bits per heavy atom. The van der Waals surface area contributed by atoms with Crippen molar-refractivity contribution in [2.45, 2.75) is 52.3 Å². The average molecular weight is 605 g/mol. The molecular weight excluding hydrogens is 586 g/mol. The van der Waals surface area contributed by atoms with E-state index in [4.69, 9.17) is 4.65 Å². The van der Waals surface area contributed by atoms with Gasteiger partial charge in [0.15, 0.2) is 11.6 Å². The normalized spacial score (nSPS) is 14.5. The van der Waals surface area contributed by atoms with Gasteiger partial charge in [-0.05, 0) is 39.8 Å². The van der Waals surface area contributed by atoms with E-state index in [1.807, 2.05) is 0 Å². The van der Waals surface area contributed by atoms with Crippen molar-refractivity contribution >= 4 is 22.7 Å². The Hall–Kier alpha value is -3.23. The molecule has 0 aliphatic carbocycles. The third-order valence-electron chi connectivity index (χ3n) is 6.38. The summed E-state index contributed by atoms with van der Waals surface area (Å²) in [6.07, 6.45) is -22.1. The van der Waals surface area contributed by atoms with Gasteiger partial charge in [0.2, 0.25) is 6.35 Å². The van der Waals surface area contributed by atoms with Crippen molar-refractivity contribution in [2.75, 3.05) is 0 Å². The van der Waals surface area contributed by atoms with Crippen molar-refractivity contribution in [1.29, 1.82) is 0 Å². The summed E-state index contributed by atoms with van der Waals surface area (Å²) < 4.78 is 191. The van der Waals surface area contributed by atoms with E-state index in [2.05, 4.69) is 0 Å². The van der Waals surface area contributed by atoms with Crippen LogP contribution in [0.3, 0.4) is 0 Å². The molecule has 0 bridgehead atoms. The molecule has 0 aliphatic rings. The summed E-state index contributed by atoms with van der Waals surface area (Å²) in [4.78, 5) is 0. The summed E-state index contributed by atoms with van der Waals surface area (Å²) in [5.74, 6) is -8.71. The fraction of sp³-hybridized carbons (Fsp3) is 0.308. The summed E-state index contributed by atoms with van der Waals surface area (Å²) in [5.41, 5.74) is -11.3. The standard InChI is InChI=1S/C26H19BF13O/c1-11(2)41-27(17-6-12(3)5-14(8-17)24(32,33)34,19-22(30)20(28)13(4)21(29)23(19)31)18-9-15(25(35,36)37)7-16(10-18)26(38,39)40/h5-11H,1-4H3/q-1. The van der Waals surface area contributed by atoms with Gasteiger partial charge in [0.05, 0.1) is 16.7 Å². The molecule has 0 aliphatic heterocycles. The number of halogens is 13. The molecule has 0 heterocycles. The van der Waals surface area contributed by atoms with Gasteiger partial charge in [0, 0.05) is 11.7 Å². The van der Waals surface area contributed by atoms with E-state index < -0.39 is 92.9 Å². The SMILES string of the molecule is Cc1cc([B-](OC(C)C)(c2cc(C(F)(F)F)cc(C(F)(F)F)c2)c2c(F)c(F)c(C)c(F)c2F)cc(C(F)(F)F)c1. The fourth-order valence-corrected chi connectivity index (χ4v) is 4.70. The lowest BCUT2D eigenvalue weighted by atomic mass is 9.27. The van der Waals surface area contributed by atoms with E-state index in [-0.39, 0.29) is 29.8 Å². The first-order valence-electron chi connectivity index (χ1n) is 11.7. The maximum absolute atomic E-state index is 15.6. The van der Waals surface area contributed by atoms with Gasteiger partial charge >= 0.3 is 18.5 Å². The number of rotatable bonds is 5. The predicted octanol–water partition coefficient (Wildman–Crippen LogP) is 7.31. The van der Waals surface area contributed by atoms with Crippen LogP contribution in [0.25, 0.3) is 0 Å². The Morgan fingerprint density at radius 2 is 0.927 bits per heavy atom. The zero-order chi connectivity index (χ0) is 31.5. The number of alkyl halides is 9. The Bertz CT molecular complexity index is 1410. The molecule has 0 aromatic heterocycles. The second-order valence-corrected chi connectivity index (χ2v) is 9.74. The first kappa shape index (κ1) is 32.3. The van der Waals surface area contributed by atoms with E-state index in [0.29, 0.717) is 13.0 Å². The molecule has 41 heavy (non-hydrogen) atoms. The molecule has 224 valence electrons. The topological polar surface area (TPSA) is 9.23 Å². The van der Waals surface area contributed by atoms with Crippen LogP contribution in [-0.4, -0.2) is 12.5 Å². The molecule has 3 aromatic rings. The van der Waals surface area contributed by atoms with Gasteiger partial charge in [-0.25, -0.2) is 17.6 Å².